The van der Waals surface area contributed by atoms with Crippen LogP contribution in [0.2, 0.25) is 0 Å². The summed E-state index contributed by atoms with van der Waals surface area (Å²) in [4.78, 5) is 0. The van der Waals surface area contributed by atoms with Crippen molar-refractivity contribution < 1.29 is 8.42 Å². The SMILES string of the molecule is Cc1nn(C)cc1C(C)Nc1cccc(NS(N)(=O)=O)c1. The Kier molecular flexibility index (Phi) is 4.19. The zero-order chi connectivity index (χ0) is 15.6. The van der Waals surface area contributed by atoms with Crippen LogP contribution in [0.1, 0.15) is 24.2 Å². The highest BCUT2D eigenvalue weighted by molar-refractivity contribution is 7.90. The Labute approximate surface area is 124 Å². The molecule has 1 heterocycles. The highest BCUT2D eigenvalue weighted by Crippen LogP contribution is 2.23. The van der Waals surface area contributed by atoms with Gasteiger partial charge < -0.3 is 5.32 Å². The maximum absolute atomic E-state index is 11.0. The molecule has 1 atom stereocenters. The molecule has 1 unspecified atom stereocenters. The van der Waals surface area contributed by atoms with Crippen molar-refractivity contribution >= 4 is 21.6 Å². The first-order valence-corrected chi connectivity index (χ1v) is 7.96. The van der Waals surface area contributed by atoms with Gasteiger partial charge in [0, 0.05) is 24.5 Å². The lowest BCUT2D eigenvalue weighted by atomic mass is 10.1. The van der Waals surface area contributed by atoms with E-state index in [0.29, 0.717) is 5.69 Å². The van der Waals surface area contributed by atoms with Crippen molar-refractivity contribution in [1.82, 2.24) is 9.78 Å². The molecular formula is C13H19N5O2S. The Bertz CT molecular complexity index is 739. The summed E-state index contributed by atoms with van der Waals surface area (Å²) in [5, 5.41) is 12.6. The normalized spacial score (nSPS) is 13.0. The quantitative estimate of drug-likeness (QED) is 0.779. The van der Waals surface area contributed by atoms with Gasteiger partial charge in [-0.15, -0.1) is 0 Å². The summed E-state index contributed by atoms with van der Waals surface area (Å²) in [7, 11) is -1.89. The van der Waals surface area contributed by atoms with E-state index in [1.54, 1.807) is 22.9 Å². The molecule has 2 aromatic rings. The summed E-state index contributed by atoms with van der Waals surface area (Å²) >= 11 is 0. The van der Waals surface area contributed by atoms with Crippen molar-refractivity contribution in [3.05, 3.63) is 41.7 Å². The highest BCUT2D eigenvalue weighted by atomic mass is 32.2. The monoisotopic (exact) mass is 309 g/mol. The van der Waals surface area contributed by atoms with Gasteiger partial charge in [0.1, 0.15) is 0 Å². The van der Waals surface area contributed by atoms with Crippen LogP contribution in [0.3, 0.4) is 0 Å². The van der Waals surface area contributed by atoms with E-state index in [2.05, 4.69) is 15.1 Å². The van der Waals surface area contributed by atoms with Crippen LogP contribution in [-0.2, 0) is 17.3 Å². The van der Waals surface area contributed by atoms with Crippen molar-refractivity contribution in [2.75, 3.05) is 10.0 Å². The molecule has 0 aliphatic heterocycles. The van der Waals surface area contributed by atoms with E-state index in [1.807, 2.05) is 33.2 Å². The van der Waals surface area contributed by atoms with Crippen LogP contribution in [0.15, 0.2) is 30.5 Å². The van der Waals surface area contributed by atoms with Crippen LogP contribution in [-0.4, -0.2) is 18.2 Å². The van der Waals surface area contributed by atoms with E-state index in [4.69, 9.17) is 5.14 Å². The minimum atomic E-state index is -3.77. The van der Waals surface area contributed by atoms with Gasteiger partial charge in [-0.05, 0) is 32.0 Å². The zero-order valence-corrected chi connectivity index (χ0v) is 13.0. The minimum Gasteiger partial charge on any atom is -0.378 e. The van der Waals surface area contributed by atoms with Crippen LogP contribution in [0, 0.1) is 6.92 Å². The zero-order valence-electron chi connectivity index (χ0n) is 12.2. The van der Waals surface area contributed by atoms with Gasteiger partial charge in [-0.1, -0.05) is 6.07 Å². The number of nitrogens with two attached hydrogens (primary N) is 1. The number of anilines is 2. The molecule has 1 aromatic carbocycles. The number of nitrogens with one attached hydrogen (secondary N) is 2. The van der Waals surface area contributed by atoms with E-state index in [-0.39, 0.29) is 6.04 Å². The summed E-state index contributed by atoms with van der Waals surface area (Å²) in [6, 6.07) is 6.97. The van der Waals surface area contributed by atoms with Crippen LogP contribution in [0.25, 0.3) is 0 Å². The van der Waals surface area contributed by atoms with E-state index in [1.165, 1.54) is 0 Å². The average Bonchev–Trinajstić information content (AvgIpc) is 2.66. The Balaban J connectivity index is 2.16. The predicted molar refractivity (Wildman–Crippen MR) is 83.2 cm³/mol. The molecule has 0 spiro atoms. The average molecular weight is 309 g/mol. The number of rotatable bonds is 5. The lowest BCUT2D eigenvalue weighted by molar-refractivity contribution is 0.603. The van der Waals surface area contributed by atoms with Crippen molar-refractivity contribution in [3.63, 3.8) is 0 Å². The van der Waals surface area contributed by atoms with Gasteiger partial charge in [-0.3, -0.25) is 9.40 Å². The Morgan fingerprint density at radius 1 is 1.33 bits per heavy atom. The third-order valence-electron chi connectivity index (χ3n) is 3.02. The third kappa shape index (κ3) is 4.20. The van der Waals surface area contributed by atoms with E-state index in [0.717, 1.165) is 16.9 Å². The van der Waals surface area contributed by atoms with Crippen molar-refractivity contribution in [3.8, 4) is 0 Å². The minimum absolute atomic E-state index is 0.0448. The fraction of sp³-hybridized carbons (Fsp3) is 0.308. The molecule has 8 heteroatoms. The molecule has 0 amide bonds. The molecule has 0 radical (unpaired) electrons. The first kappa shape index (κ1) is 15.3. The summed E-state index contributed by atoms with van der Waals surface area (Å²) < 4.78 is 26.1. The van der Waals surface area contributed by atoms with Gasteiger partial charge in [-0.25, -0.2) is 5.14 Å². The standard InChI is InChI=1S/C13H19N5O2S/c1-9(13-8-18(3)16-10(13)2)15-11-5-4-6-12(7-11)17-21(14,19)20/h4-9,15,17H,1-3H3,(H2,14,19,20). The van der Waals surface area contributed by atoms with Crippen LogP contribution < -0.4 is 15.2 Å². The number of aromatic nitrogens is 2. The Morgan fingerprint density at radius 2 is 2.00 bits per heavy atom. The molecule has 114 valence electrons. The molecule has 1 aromatic heterocycles. The molecule has 2 rings (SSSR count). The van der Waals surface area contributed by atoms with Gasteiger partial charge >= 0.3 is 0 Å². The second-order valence-corrected chi connectivity index (χ2v) is 6.23. The van der Waals surface area contributed by atoms with Crippen molar-refractivity contribution in [1.29, 1.82) is 0 Å². The van der Waals surface area contributed by atoms with Crippen LogP contribution in [0.5, 0.6) is 0 Å². The second kappa shape index (κ2) is 5.74. The summed E-state index contributed by atoms with van der Waals surface area (Å²) in [5.41, 5.74) is 3.25. The highest BCUT2D eigenvalue weighted by Gasteiger charge is 2.12. The van der Waals surface area contributed by atoms with E-state index in [9.17, 15) is 8.42 Å². The molecule has 21 heavy (non-hydrogen) atoms. The second-order valence-electron chi connectivity index (χ2n) is 4.94. The van der Waals surface area contributed by atoms with Crippen molar-refractivity contribution in [2.24, 2.45) is 12.2 Å². The van der Waals surface area contributed by atoms with Gasteiger partial charge in [0.2, 0.25) is 0 Å². The Morgan fingerprint density at radius 3 is 2.57 bits per heavy atom. The van der Waals surface area contributed by atoms with Gasteiger partial charge in [0.25, 0.3) is 10.2 Å². The molecule has 0 aliphatic rings. The molecule has 7 nitrogen and oxygen atoms in total. The van der Waals surface area contributed by atoms with Crippen LogP contribution in [0.4, 0.5) is 11.4 Å². The van der Waals surface area contributed by atoms with Gasteiger partial charge in [0.15, 0.2) is 0 Å². The molecular weight excluding hydrogens is 290 g/mol. The van der Waals surface area contributed by atoms with Gasteiger partial charge in [-0.2, -0.15) is 13.5 Å². The molecule has 0 aliphatic carbocycles. The first-order valence-electron chi connectivity index (χ1n) is 6.42. The number of nitrogens with zero attached hydrogens (tertiary/aromatic N) is 2. The molecule has 0 saturated heterocycles. The smallest absolute Gasteiger partial charge is 0.296 e. The predicted octanol–water partition coefficient (Wildman–Crippen LogP) is 1.52. The molecule has 4 N–H and O–H groups in total. The maximum atomic E-state index is 11.0. The van der Waals surface area contributed by atoms with Gasteiger partial charge in [0.05, 0.1) is 17.4 Å². The topological polar surface area (TPSA) is 102 Å². The fourth-order valence-electron chi connectivity index (χ4n) is 2.21. The molecule has 0 fully saturated rings. The number of hydrogen-bond donors (Lipinski definition) is 3. The summed E-state index contributed by atoms with van der Waals surface area (Å²) in [6.07, 6.45) is 1.96. The maximum Gasteiger partial charge on any atom is 0.296 e. The van der Waals surface area contributed by atoms with E-state index >= 15 is 0 Å². The first-order chi connectivity index (χ1) is 9.74. The molecule has 0 bridgehead atoms. The Hall–Kier alpha value is -2.06. The molecule has 0 saturated carbocycles. The third-order valence-corrected chi connectivity index (χ3v) is 3.54. The lowest BCUT2D eigenvalue weighted by Gasteiger charge is -2.15. The fourth-order valence-corrected chi connectivity index (χ4v) is 2.66. The van der Waals surface area contributed by atoms with Crippen molar-refractivity contribution in [2.45, 2.75) is 19.9 Å². The summed E-state index contributed by atoms with van der Waals surface area (Å²) in [6.45, 7) is 3.97. The number of benzene rings is 1. The number of aryl methyl sites for hydroxylation is 2. The van der Waals surface area contributed by atoms with E-state index < -0.39 is 10.2 Å². The summed E-state index contributed by atoms with van der Waals surface area (Å²) in [5.74, 6) is 0. The number of hydrogen-bond acceptors (Lipinski definition) is 4. The van der Waals surface area contributed by atoms with Crippen LogP contribution >= 0.6 is 0 Å². The lowest BCUT2D eigenvalue weighted by Crippen LogP contribution is -2.21. The largest absolute Gasteiger partial charge is 0.378 e.